The molecule has 2 heterocycles. The predicted octanol–water partition coefficient (Wildman–Crippen LogP) is 2.74. The van der Waals surface area contributed by atoms with Crippen LogP contribution in [-0.4, -0.2) is 30.7 Å². The molecule has 0 saturated carbocycles. The summed E-state index contributed by atoms with van der Waals surface area (Å²) in [5, 5.41) is 0. The maximum absolute atomic E-state index is 5.40. The number of ether oxygens (including phenoxy) is 2. The van der Waals surface area contributed by atoms with Crippen LogP contribution in [0.2, 0.25) is 0 Å². The van der Waals surface area contributed by atoms with E-state index in [-0.39, 0.29) is 0 Å². The average Bonchev–Trinajstić information content (AvgIpc) is 2.77. The number of allylic oxidation sites excluding steroid dienone is 1. The summed E-state index contributed by atoms with van der Waals surface area (Å²) in [6.07, 6.45) is 4.98. The lowest BCUT2D eigenvalue weighted by atomic mass is 10.2. The topological polar surface area (TPSA) is 47.5 Å². The zero-order valence-electron chi connectivity index (χ0n) is 12.1. The summed E-state index contributed by atoms with van der Waals surface area (Å²) in [6, 6.07) is 10.5. The number of anilines is 2. The van der Waals surface area contributed by atoms with Crippen LogP contribution < -0.4 is 14.4 Å². The molecule has 1 aliphatic heterocycles. The number of para-hydroxylation sites is 1. The Balaban J connectivity index is 2.16. The lowest BCUT2D eigenvalue weighted by Crippen LogP contribution is -2.19. The summed E-state index contributed by atoms with van der Waals surface area (Å²) in [6.45, 7) is 0.750. The van der Waals surface area contributed by atoms with Crippen molar-refractivity contribution in [2.45, 2.75) is 6.42 Å². The van der Waals surface area contributed by atoms with Crippen molar-refractivity contribution in [2.75, 3.05) is 25.7 Å². The van der Waals surface area contributed by atoms with Gasteiger partial charge < -0.3 is 14.4 Å². The normalized spacial score (nSPS) is 13.5. The number of nitrogens with zero attached hydrogens (tertiary/aromatic N) is 3. The molecule has 1 aliphatic rings. The molecule has 5 heteroatoms. The number of benzene rings is 1. The average molecular weight is 283 g/mol. The summed E-state index contributed by atoms with van der Waals surface area (Å²) >= 11 is 0. The summed E-state index contributed by atoms with van der Waals surface area (Å²) in [4.78, 5) is 10.9. The van der Waals surface area contributed by atoms with Crippen molar-refractivity contribution in [3.05, 3.63) is 48.0 Å². The molecule has 2 aromatic rings. The summed E-state index contributed by atoms with van der Waals surface area (Å²) < 4.78 is 10.6. The van der Waals surface area contributed by atoms with Crippen LogP contribution >= 0.6 is 0 Å². The van der Waals surface area contributed by atoms with Crippen molar-refractivity contribution in [2.24, 2.45) is 0 Å². The lowest BCUT2D eigenvalue weighted by Gasteiger charge is -2.24. The molecule has 1 aromatic heterocycles. The van der Waals surface area contributed by atoms with E-state index in [2.05, 4.69) is 39.2 Å². The maximum Gasteiger partial charge on any atom is 0.321 e. The molecule has 0 N–H and O–H groups in total. The Morgan fingerprint density at radius 2 is 1.81 bits per heavy atom. The molecule has 0 amide bonds. The van der Waals surface area contributed by atoms with E-state index in [9.17, 15) is 0 Å². The first-order valence-corrected chi connectivity index (χ1v) is 6.80. The fourth-order valence-electron chi connectivity index (χ4n) is 2.40. The molecule has 0 fully saturated rings. The number of fused-ring (bicyclic) bond motifs is 1. The van der Waals surface area contributed by atoms with Gasteiger partial charge in [0.25, 0.3) is 0 Å². The standard InChI is InChI=1S/C16H17N3O2/c1-20-15-13-10-6-7-11-19(12-8-4-3-5-9-12)14(13)17-16(18-15)21-2/h3-9H,10-11H2,1-2H3. The van der Waals surface area contributed by atoms with Crippen molar-refractivity contribution in [3.63, 3.8) is 0 Å². The second kappa shape index (κ2) is 5.83. The first kappa shape index (κ1) is 13.4. The van der Waals surface area contributed by atoms with Gasteiger partial charge in [0.1, 0.15) is 5.82 Å². The van der Waals surface area contributed by atoms with Gasteiger partial charge in [0.15, 0.2) is 0 Å². The highest BCUT2D eigenvalue weighted by molar-refractivity contribution is 5.66. The van der Waals surface area contributed by atoms with Crippen LogP contribution in [0.1, 0.15) is 5.56 Å². The Morgan fingerprint density at radius 3 is 2.52 bits per heavy atom. The number of rotatable bonds is 3. The van der Waals surface area contributed by atoms with Crippen LogP contribution in [0.5, 0.6) is 11.9 Å². The van der Waals surface area contributed by atoms with Gasteiger partial charge in [-0.15, -0.1) is 0 Å². The molecule has 0 aliphatic carbocycles. The minimum absolute atomic E-state index is 0.313. The SMILES string of the molecule is COc1nc(OC)c2c(n1)N(c1ccccc1)CC=CC2. The molecule has 0 radical (unpaired) electrons. The Labute approximate surface area is 123 Å². The van der Waals surface area contributed by atoms with Crippen LogP contribution in [0, 0.1) is 0 Å². The molecule has 0 bridgehead atoms. The van der Waals surface area contributed by atoms with Gasteiger partial charge in [-0.3, -0.25) is 0 Å². The third-order valence-corrected chi connectivity index (χ3v) is 3.40. The fraction of sp³-hybridized carbons (Fsp3) is 0.250. The maximum atomic E-state index is 5.40. The second-order valence-electron chi connectivity index (χ2n) is 4.64. The molecular formula is C16H17N3O2. The summed E-state index contributed by atoms with van der Waals surface area (Å²) in [7, 11) is 3.17. The van der Waals surface area contributed by atoms with E-state index >= 15 is 0 Å². The van der Waals surface area contributed by atoms with E-state index < -0.39 is 0 Å². The zero-order valence-corrected chi connectivity index (χ0v) is 12.1. The highest BCUT2D eigenvalue weighted by Crippen LogP contribution is 2.34. The zero-order chi connectivity index (χ0) is 14.7. The van der Waals surface area contributed by atoms with Crippen molar-refractivity contribution in [1.82, 2.24) is 9.97 Å². The van der Waals surface area contributed by atoms with Gasteiger partial charge in [0.2, 0.25) is 5.88 Å². The van der Waals surface area contributed by atoms with Gasteiger partial charge in [-0.2, -0.15) is 9.97 Å². The van der Waals surface area contributed by atoms with Crippen LogP contribution in [0.15, 0.2) is 42.5 Å². The minimum Gasteiger partial charge on any atom is -0.481 e. The second-order valence-corrected chi connectivity index (χ2v) is 4.64. The van der Waals surface area contributed by atoms with E-state index in [0.717, 1.165) is 30.0 Å². The lowest BCUT2D eigenvalue weighted by molar-refractivity contribution is 0.350. The monoisotopic (exact) mass is 283 g/mol. The Morgan fingerprint density at radius 1 is 1.00 bits per heavy atom. The van der Waals surface area contributed by atoms with E-state index in [1.165, 1.54) is 0 Å². The fourth-order valence-corrected chi connectivity index (χ4v) is 2.40. The summed E-state index contributed by atoms with van der Waals surface area (Å²) in [5.41, 5.74) is 2.05. The molecule has 0 atom stereocenters. The first-order valence-electron chi connectivity index (χ1n) is 6.80. The van der Waals surface area contributed by atoms with Gasteiger partial charge in [-0.25, -0.2) is 0 Å². The third-order valence-electron chi connectivity index (χ3n) is 3.40. The van der Waals surface area contributed by atoms with Crippen LogP contribution in [0.25, 0.3) is 0 Å². The molecule has 0 saturated heterocycles. The van der Waals surface area contributed by atoms with Crippen molar-refractivity contribution < 1.29 is 9.47 Å². The molecule has 3 rings (SSSR count). The van der Waals surface area contributed by atoms with Gasteiger partial charge in [0.05, 0.1) is 19.8 Å². The first-order chi connectivity index (χ1) is 10.3. The number of methoxy groups -OCH3 is 2. The van der Waals surface area contributed by atoms with E-state index in [4.69, 9.17) is 9.47 Å². The Kier molecular flexibility index (Phi) is 3.73. The van der Waals surface area contributed by atoms with Gasteiger partial charge in [0, 0.05) is 12.2 Å². The third kappa shape index (κ3) is 2.54. The van der Waals surface area contributed by atoms with Crippen molar-refractivity contribution >= 4 is 11.5 Å². The molecule has 21 heavy (non-hydrogen) atoms. The highest BCUT2D eigenvalue weighted by Gasteiger charge is 2.22. The quantitative estimate of drug-likeness (QED) is 0.811. The Bertz CT molecular complexity index is 656. The van der Waals surface area contributed by atoms with Crippen LogP contribution in [0.4, 0.5) is 11.5 Å². The minimum atomic E-state index is 0.313. The van der Waals surface area contributed by atoms with Crippen molar-refractivity contribution in [1.29, 1.82) is 0 Å². The highest BCUT2D eigenvalue weighted by atomic mass is 16.5. The molecule has 1 aromatic carbocycles. The molecular weight excluding hydrogens is 266 g/mol. The number of hydrogen-bond donors (Lipinski definition) is 0. The van der Waals surface area contributed by atoms with E-state index in [1.54, 1.807) is 14.2 Å². The van der Waals surface area contributed by atoms with E-state index in [0.29, 0.717) is 11.9 Å². The van der Waals surface area contributed by atoms with Crippen LogP contribution in [-0.2, 0) is 6.42 Å². The Hall–Kier alpha value is -2.56. The molecule has 5 nitrogen and oxygen atoms in total. The van der Waals surface area contributed by atoms with E-state index in [1.807, 2.05) is 18.2 Å². The number of aromatic nitrogens is 2. The van der Waals surface area contributed by atoms with Gasteiger partial charge in [-0.1, -0.05) is 30.4 Å². The van der Waals surface area contributed by atoms with Crippen molar-refractivity contribution in [3.8, 4) is 11.9 Å². The molecule has 0 unspecified atom stereocenters. The molecule has 108 valence electrons. The van der Waals surface area contributed by atoms with Gasteiger partial charge in [-0.05, 0) is 18.6 Å². The number of hydrogen-bond acceptors (Lipinski definition) is 5. The van der Waals surface area contributed by atoms with Crippen LogP contribution in [0.3, 0.4) is 0 Å². The smallest absolute Gasteiger partial charge is 0.321 e. The predicted molar refractivity (Wildman–Crippen MR) is 81.4 cm³/mol. The van der Waals surface area contributed by atoms with Gasteiger partial charge >= 0.3 is 6.01 Å². The summed E-state index contributed by atoms with van der Waals surface area (Å²) in [5.74, 6) is 1.39. The molecule has 0 spiro atoms. The largest absolute Gasteiger partial charge is 0.481 e.